The minimum absolute atomic E-state index is 0. The fourth-order valence-electron chi connectivity index (χ4n) is 3.31. The Kier molecular flexibility index (Phi) is 7.05. The lowest BCUT2D eigenvalue weighted by atomic mass is 10.1. The quantitative estimate of drug-likeness (QED) is 0.768. The second-order valence-corrected chi connectivity index (χ2v) is 7.07. The molecular formula is C21H26ClN3O3. The van der Waals surface area contributed by atoms with Gasteiger partial charge in [0.15, 0.2) is 0 Å². The molecule has 1 saturated heterocycles. The molecule has 2 unspecified atom stereocenters. The largest absolute Gasteiger partial charge is 0.399 e. The van der Waals surface area contributed by atoms with Crippen LogP contribution in [0.15, 0.2) is 42.5 Å². The van der Waals surface area contributed by atoms with Crippen LogP contribution >= 0.6 is 12.4 Å². The van der Waals surface area contributed by atoms with E-state index in [0.717, 1.165) is 5.56 Å². The molecule has 2 aromatic carbocycles. The maximum Gasteiger partial charge on any atom is 0.256 e. The Morgan fingerprint density at radius 1 is 1.07 bits per heavy atom. The summed E-state index contributed by atoms with van der Waals surface area (Å²) in [6.07, 6.45) is 0.0515. The SMILES string of the molecule is Cc1ccc(N)cc1C(=O)Nc1ccc(C(=O)N2CC(C)OC(C)C2)cc1.Cl. The molecule has 1 fully saturated rings. The monoisotopic (exact) mass is 403 g/mol. The number of aryl methyl sites for hydroxylation is 1. The Labute approximate surface area is 171 Å². The standard InChI is InChI=1S/C21H25N3O3.ClH/c1-13-4-7-17(22)10-19(13)20(25)23-18-8-5-16(6-9-18)21(26)24-11-14(2)27-15(3)12-24;/h4-10,14-15H,11-12,22H2,1-3H3,(H,23,25);1H. The molecule has 2 atom stereocenters. The number of carbonyl (C=O) groups excluding carboxylic acids is 2. The first kappa shape index (κ1) is 21.7. The van der Waals surface area contributed by atoms with Gasteiger partial charge in [0.25, 0.3) is 11.8 Å². The maximum absolute atomic E-state index is 12.7. The average molecular weight is 404 g/mol. The number of amides is 2. The number of nitrogens with one attached hydrogen (secondary N) is 1. The lowest BCUT2D eigenvalue weighted by Crippen LogP contribution is -2.48. The van der Waals surface area contributed by atoms with Gasteiger partial charge in [-0.25, -0.2) is 0 Å². The van der Waals surface area contributed by atoms with Gasteiger partial charge in [-0.05, 0) is 62.7 Å². The first-order valence-corrected chi connectivity index (χ1v) is 9.05. The van der Waals surface area contributed by atoms with E-state index >= 15 is 0 Å². The van der Waals surface area contributed by atoms with E-state index < -0.39 is 0 Å². The first-order chi connectivity index (χ1) is 12.8. The molecule has 1 aliphatic heterocycles. The Balaban J connectivity index is 0.00000280. The number of nitrogens with two attached hydrogens (primary N) is 1. The number of hydrogen-bond acceptors (Lipinski definition) is 4. The van der Waals surface area contributed by atoms with Crippen LogP contribution in [0.2, 0.25) is 0 Å². The van der Waals surface area contributed by atoms with E-state index in [0.29, 0.717) is 35.6 Å². The highest BCUT2D eigenvalue weighted by molar-refractivity contribution is 6.06. The molecule has 1 heterocycles. The summed E-state index contributed by atoms with van der Waals surface area (Å²) >= 11 is 0. The van der Waals surface area contributed by atoms with E-state index in [4.69, 9.17) is 10.5 Å². The highest BCUT2D eigenvalue weighted by Crippen LogP contribution is 2.18. The van der Waals surface area contributed by atoms with Crippen molar-refractivity contribution in [2.45, 2.75) is 33.0 Å². The van der Waals surface area contributed by atoms with Crippen molar-refractivity contribution >= 4 is 35.6 Å². The van der Waals surface area contributed by atoms with Crippen molar-refractivity contribution in [3.8, 4) is 0 Å². The number of anilines is 2. The van der Waals surface area contributed by atoms with Gasteiger partial charge < -0.3 is 20.7 Å². The minimum Gasteiger partial charge on any atom is -0.399 e. The zero-order valence-corrected chi connectivity index (χ0v) is 17.1. The van der Waals surface area contributed by atoms with Crippen molar-refractivity contribution in [1.82, 2.24) is 4.90 Å². The Hall–Kier alpha value is -2.57. The van der Waals surface area contributed by atoms with Gasteiger partial charge in [-0.3, -0.25) is 9.59 Å². The molecule has 28 heavy (non-hydrogen) atoms. The van der Waals surface area contributed by atoms with Gasteiger partial charge in [0.2, 0.25) is 0 Å². The van der Waals surface area contributed by atoms with Gasteiger partial charge in [0, 0.05) is 35.6 Å². The highest BCUT2D eigenvalue weighted by atomic mass is 35.5. The molecule has 7 heteroatoms. The normalized spacial score (nSPS) is 18.9. The minimum atomic E-state index is -0.227. The second kappa shape index (κ2) is 9.08. The van der Waals surface area contributed by atoms with Crippen LogP contribution in [0.25, 0.3) is 0 Å². The molecule has 0 aromatic heterocycles. The smallest absolute Gasteiger partial charge is 0.256 e. The summed E-state index contributed by atoms with van der Waals surface area (Å²) < 4.78 is 5.68. The summed E-state index contributed by atoms with van der Waals surface area (Å²) in [5, 5.41) is 2.85. The van der Waals surface area contributed by atoms with Crippen LogP contribution in [-0.4, -0.2) is 42.0 Å². The second-order valence-electron chi connectivity index (χ2n) is 7.07. The molecule has 6 nitrogen and oxygen atoms in total. The number of rotatable bonds is 3. The van der Waals surface area contributed by atoms with Gasteiger partial charge in [-0.1, -0.05) is 6.07 Å². The van der Waals surface area contributed by atoms with Gasteiger partial charge >= 0.3 is 0 Å². The molecule has 2 amide bonds. The fourth-order valence-corrected chi connectivity index (χ4v) is 3.31. The number of benzene rings is 2. The average Bonchev–Trinajstić information content (AvgIpc) is 2.63. The molecule has 2 aromatic rings. The highest BCUT2D eigenvalue weighted by Gasteiger charge is 2.26. The third-order valence-electron chi connectivity index (χ3n) is 4.60. The number of morpholine rings is 1. The molecule has 0 saturated carbocycles. The summed E-state index contributed by atoms with van der Waals surface area (Å²) in [4.78, 5) is 27.0. The Bertz CT molecular complexity index is 844. The number of nitrogens with zero attached hydrogens (tertiary/aromatic N) is 1. The fraction of sp³-hybridized carbons (Fsp3) is 0.333. The van der Waals surface area contributed by atoms with E-state index in [1.807, 2.05) is 31.7 Å². The predicted molar refractivity (Wildman–Crippen MR) is 113 cm³/mol. The topological polar surface area (TPSA) is 84.7 Å². The van der Waals surface area contributed by atoms with E-state index in [1.165, 1.54) is 0 Å². The molecule has 0 radical (unpaired) electrons. The van der Waals surface area contributed by atoms with Crippen LogP contribution in [0.4, 0.5) is 11.4 Å². The molecule has 150 valence electrons. The van der Waals surface area contributed by atoms with Crippen molar-refractivity contribution in [2.75, 3.05) is 24.1 Å². The number of ether oxygens (including phenoxy) is 1. The van der Waals surface area contributed by atoms with Crippen LogP contribution in [-0.2, 0) is 4.74 Å². The summed E-state index contributed by atoms with van der Waals surface area (Å²) in [5.41, 5.74) is 8.92. The van der Waals surface area contributed by atoms with Gasteiger partial charge in [0.05, 0.1) is 12.2 Å². The van der Waals surface area contributed by atoms with E-state index in [-0.39, 0.29) is 36.4 Å². The summed E-state index contributed by atoms with van der Waals surface area (Å²) in [6.45, 7) is 6.95. The number of carbonyl (C=O) groups is 2. The molecule has 3 rings (SSSR count). The molecule has 3 N–H and O–H groups in total. The number of nitrogen functional groups attached to an aromatic ring is 1. The summed E-state index contributed by atoms with van der Waals surface area (Å²) in [7, 11) is 0. The first-order valence-electron chi connectivity index (χ1n) is 9.05. The molecule has 0 bridgehead atoms. The van der Waals surface area contributed by atoms with Gasteiger partial charge in [-0.15, -0.1) is 12.4 Å². The zero-order chi connectivity index (χ0) is 19.6. The van der Waals surface area contributed by atoms with Crippen molar-refractivity contribution in [2.24, 2.45) is 0 Å². The lowest BCUT2D eigenvalue weighted by Gasteiger charge is -2.35. The number of hydrogen-bond donors (Lipinski definition) is 2. The molecule has 0 spiro atoms. The third-order valence-corrected chi connectivity index (χ3v) is 4.60. The molecule has 0 aliphatic carbocycles. The van der Waals surface area contributed by atoms with Crippen LogP contribution < -0.4 is 11.1 Å². The van der Waals surface area contributed by atoms with Crippen LogP contribution in [0.1, 0.15) is 40.1 Å². The molecule has 1 aliphatic rings. The summed E-state index contributed by atoms with van der Waals surface area (Å²) in [6, 6.07) is 12.2. The van der Waals surface area contributed by atoms with Crippen molar-refractivity contribution in [3.63, 3.8) is 0 Å². The Morgan fingerprint density at radius 3 is 2.29 bits per heavy atom. The van der Waals surface area contributed by atoms with E-state index in [2.05, 4.69) is 5.32 Å². The van der Waals surface area contributed by atoms with Gasteiger partial charge in [0.1, 0.15) is 0 Å². The van der Waals surface area contributed by atoms with E-state index in [1.54, 1.807) is 36.4 Å². The molecular weight excluding hydrogens is 378 g/mol. The van der Waals surface area contributed by atoms with Crippen molar-refractivity contribution < 1.29 is 14.3 Å². The lowest BCUT2D eigenvalue weighted by molar-refractivity contribution is -0.0586. The zero-order valence-electron chi connectivity index (χ0n) is 16.3. The van der Waals surface area contributed by atoms with Gasteiger partial charge in [-0.2, -0.15) is 0 Å². The predicted octanol–water partition coefficient (Wildman–Crippen LogP) is 3.50. The Morgan fingerprint density at radius 2 is 1.68 bits per heavy atom. The van der Waals surface area contributed by atoms with Crippen molar-refractivity contribution in [3.05, 3.63) is 59.2 Å². The van der Waals surface area contributed by atoms with Crippen LogP contribution in [0.5, 0.6) is 0 Å². The van der Waals surface area contributed by atoms with Crippen molar-refractivity contribution in [1.29, 1.82) is 0 Å². The van der Waals surface area contributed by atoms with Crippen LogP contribution in [0.3, 0.4) is 0 Å². The number of halogens is 1. The van der Waals surface area contributed by atoms with Crippen LogP contribution in [0, 0.1) is 6.92 Å². The maximum atomic E-state index is 12.7. The third kappa shape index (κ3) is 5.03. The summed E-state index contributed by atoms with van der Waals surface area (Å²) in [5.74, 6) is -0.253. The van der Waals surface area contributed by atoms with E-state index in [9.17, 15) is 9.59 Å².